The van der Waals surface area contributed by atoms with Crippen molar-refractivity contribution in [2.45, 2.75) is 13.5 Å². The van der Waals surface area contributed by atoms with Crippen LogP contribution < -0.4 is 10.9 Å². The first-order valence-corrected chi connectivity index (χ1v) is 10.0. The largest absolute Gasteiger partial charge is 0.322 e. The normalized spacial score (nSPS) is 11.0. The molecule has 6 nitrogen and oxygen atoms in total. The van der Waals surface area contributed by atoms with E-state index in [1.807, 2.05) is 24.4 Å². The zero-order valence-electron chi connectivity index (χ0n) is 14.1. The van der Waals surface area contributed by atoms with Crippen molar-refractivity contribution in [2.24, 2.45) is 0 Å². The number of hydrogen-bond donors (Lipinski definition) is 1. The number of aryl methyl sites for hydroxylation is 1. The number of halogens is 1. The van der Waals surface area contributed by atoms with E-state index in [2.05, 4.69) is 15.3 Å². The molecule has 0 radical (unpaired) electrons. The summed E-state index contributed by atoms with van der Waals surface area (Å²) in [5.41, 5.74) is 1.02. The number of aromatic nitrogens is 3. The van der Waals surface area contributed by atoms with Gasteiger partial charge in [-0.15, -0.1) is 22.7 Å². The number of nitrogens with zero attached hydrogens (tertiary/aromatic N) is 3. The maximum absolute atomic E-state index is 13.0. The maximum Gasteiger partial charge on any atom is 0.263 e. The molecule has 0 aliphatic heterocycles. The van der Waals surface area contributed by atoms with E-state index in [0.717, 1.165) is 10.4 Å². The lowest BCUT2D eigenvalue weighted by molar-refractivity contribution is -0.116. The van der Waals surface area contributed by atoms with Gasteiger partial charge in [-0.3, -0.25) is 14.2 Å². The van der Waals surface area contributed by atoms with Crippen molar-refractivity contribution in [2.75, 3.05) is 5.32 Å². The Hall–Kier alpha value is -2.55. The van der Waals surface area contributed by atoms with Crippen LogP contribution in [0.2, 0.25) is 5.15 Å². The van der Waals surface area contributed by atoms with E-state index in [0.29, 0.717) is 15.9 Å². The fourth-order valence-electron chi connectivity index (χ4n) is 2.66. The Morgan fingerprint density at radius 3 is 2.89 bits per heavy atom. The van der Waals surface area contributed by atoms with E-state index in [-0.39, 0.29) is 23.2 Å². The Bertz CT molecular complexity index is 1210. The van der Waals surface area contributed by atoms with Crippen molar-refractivity contribution in [3.63, 3.8) is 0 Å². The second kappa shape index (κ2) is 7.22. The molecular weight excluding hydrogens is 404 g/mol. The molecule has 4 aromatic rings. The molecule has 0 saturated heterocycles. The second-order valence-corrected chi connectivity index (χ2v) is 8.31. The molecule has 27 heavy (non-hydrogen) atoms. The molecule has 136 valence electrons. The van der Waals surface area contributed by atoms with Crippen molar-refractivity contribution < 1.29 is 4.79 Å². The van der Waals surface area contributed by atoms with Gasteiger partial charge in [-0.25, -0.2) is 9.97 Å². The molecule has 0 fully saturated rings. The van der Waals surface area contributed by atoms with Crippen LogP contribution in [0, 0.1) is 6.92 Å². The standard InChI is InChI=1S/C18H13ClN4O2S2/c1-10-4-5-13(27-10)11-8-26-17-15(11)18(25)23(9-21-17)7-14(24)22-12-3-2-6-20-16(12)19/h2-6,8-9H,7H2,1H3,(H,22,24). The summed E-state index contributed by atoms with van der Waals surface area (Å²) in [6.07, 6.45) is 2.93. The highest BCUT2D eigenvalue weighted by atomic mass is 35.5. The van der Waals surface area contributed by atoms with Gasteiger partial charge in [-0.2, -0.15) is 0 Å². The lowest BCUT2D eigenvalue weighted by Crippen LogP contribution is -2.27. The SMILES string of the molecule is Cc1ccc(-c2csc3ncn(CC(=O)Nc4cccnc4Cl)c(=O)c23)s1. The van der Waals surface area contributed by atoms with Crippen molar-refractivity contribution in [1.29, 1.82) is 0 Å². The number of rotatable bonds is 4. The molecule has 4 heterocycles. The van der Waals surface area contributed by atoms with E-state index >= 15 is 0 Å². The van der Waals surface area contributed by atoms with Gasteiger partial charge in [0.15, 0.2) is 5.15 Å². The van der Waals surface area contributed by atoms with Crippen molar-refractivity contribution >= 4 is 56.1 Å². The summed E-state index contributed by atoms with van der Waals surface area (Å²) < 4.78 is 1.30. The molecule has 0 unspecified atom stereocenters. The highest BCUT2D eigenvalue weighted by Gasteiger charge is 2.16. The van der Waals surface area contributed by atoms with E-state index in [9.17, 15) is 9.59 Å². The minimum Gasteiger partial charge on any atom is -0.322 e. The summed E-state index contributed by atoms with van der Waals surface area (Å²) in [5, 5.41) is 5.33. The van der Waals surface area contributed by atoms with E-state index in [1.54, 1.807) is 23.5 Å². The van der Waals surface area contributed by atoms with Crippen LogP contribution in [0.5, 0.6) is 0 Å². The molecule has 0 aliphatic rings. The van der Waals surface area contributed by atoms with Crippen molar-refractivity contribution in [1.82, 2.24) is 14.5 Å². The van der Waals surface area contributed by atoms with Crippen LogP contribution in [0.3, 0.4) is 0 Å². The van der Waals surface area contributed by atoms with Crippen LogP contribution in [0.25, 0.3) is 20.7 Å². The first-order chi connectivity index (χ1) is 13.0. The van der Waals surface area contributed by atoms with Crippen molar-refractivity contribution in [3.8, 4) is 10.4 Å². The molecular formula is C18H13ClN4O2S2. The zero-order chi connectivity index (χ0) is 19.0. The molecule has 0 atom stereocenters. The van der Waals surface area contributed by atoms with Crippen LogP contribution in [0.1, 0.15) is 4.88 Å². The number of nitrogens with one attached hydrogen (secondary N) is 1. The summed E-state index contributed by atoms with van der Waals surface area (Å²) in [4.78, 5) is 36.4. The molecule has 0 spiro atoms. The summed E-state index contributed by atoms with van der Waals surface area (Å²) in [6.45, 7) is 1.86. The third kappa shape index (κ3) is 3.51. The van der Waals surface area contributed by atoms with Crippen LogP contribution in [0.15, 0.2) is 47.0 Å². The maximum atomic E-state index is 13.0. The quantitative estimate of drug-likeness (QED) is 0.506. The number of carbonyl (C=O) groups is 1. The summed E-state index contributed by atoms with van der Waals surface area (Å²) in [7, 11) is 0. The van der Waals surface area contributed by atoms with Gasteiger partial charge in [0.2, 0.25) is 5.91 Å². The van der Waals surface area contributed by atoms with Gasteiger partial charge in [0.05, 0.1) is 17.4 Å². The van der Waals surface area contributed by atoms with E-state index in [4.69, 9.17) is 11.6 Å². The molecule has 0 aromatic carbocycles. The first-order valence-electron chi connectivity index (χ1n) is 7.97. The van der Waals surface area contributed by atoms with Crippen LogP contribution in [0.4, 0.5) is 5.69 Å². The minimum atomic E-state index is -0.378. The lowest BCUT2D eigenvalue weighted by Gasteiger charge is -2.08. The van der Waals surface area contributed by atoms with Gasteiger partial charge < -0.3 is 5.32 Å². The number of thiophene rings is 2. The first kappa shape index (κ1) is 17.8. The fraction of sp³-hybridized carbons (Fsp3) is 0.111. The molecule has 4 rings (SSSR count). The topological polar surface area (TPSA) is 76.9 Å². The second-order valence-electron chi connectivity index (χ2n) is 5.81. The molecule has 4 aromatic heterocycles. The molecule has 0 bridgehead atoms. The van der Waals surface area contributed by atoms with Gasteiger partial charge in [-0.05, 0) is 31.2 Å². The smallest absolute Gasteiger partial charge is 0.263 e. The third-order valence-corrected chi connectivity index (χ3v) is 6.14. The molecule has 0 saturated carbocycles. The van der Waals surface area contributed by atoms with Crippen LogP contribution in [-0.4, -0.2) is 20.4 Å². The number of carbonyl (C=O) groups excluding carboxylic acids is 1. The highest BCUT2D eigenvalue weighted by molar-refractivity contribution is 7.19. The van der Waals surface area contributed by atoms with Gasteiger partial charge in [-0.1, -0.05) is 11.6 Å². The van der Waals surface area contributed by atoms with Gasteiger partial charge in [0, 0.05) is 26.9 Å². The van der Waals surface area contributed by atoms with E-state index in [1.165, 1.54) is 33.3 Å². The van der Waals surface area contributed by atoms with Gasteiger partial charge in [0.1, 0.15) is 11.4 Å². The predicted octanol–water partition coefficient (Wildman–Crippen LogP) is 4.18. The summed E-state index contributed by atoms with van der Waals surface area (Å²) >= 11 is 8.99. The highest BCUT2D eigenvalue weighted by Crippen LogP contribution is 2.34. The number of pyridine rings is 1. The minimum absolute atomic E-state index is 0.161. The van der Waals surface area contributed by atoms with Crippen LogP contribution in [-0.2, 0) is 11.3 Å². The number of anilines is 1. The van der Waals surface area contributed by atoms with Gasteiger partial charge in [0.25, 0.3) is 5.56 Å². The Morgan fingerprint density at radius 1 is 1.30 bits per heavy atom. The Morgan fingerprint density at radius 2 is 2.15 bits per heavy atom. The summed E-state index contributed by atoms with van der Waals surface area (Å²) in [5.74, 6) is -0.378. The average molecular weight is 417 g/mol. The zero-order valence-corrected chi connectivity index (χ0v) is 16.5. The molecule has 1 N–H and O–H groups in total. The van der Waals surface area contributed by atoms with E-state index < -0.39 is 0 Å². The van der Waals surface area contributed by atoms with Crippen molar-refractivity contribution in [3.05, 3.63) is 62.6 Å². The number of amides is 1. The monoisotopic (exact) mass is 416 g/mol. The van der Waals surface area contributed by atoms with Crippen LogP contribution >= 0.6 is 34.3 Å². The predicted molar refractivity (Wildman–Crippen MR) is 110 cm³/mol. The number of hydrogen-bond acceptors (Lipinski definition) is 6. The Kier molecular flexibility index (Phi) is 4.77. The Labute approximate surface area is 167 Å². The fourth-order valence-corrected chi connectivity index (χ4v) is 4.69. The van der Waals surface area contributed by atoms with Gasteiger partial charge >= 0.3 is 0 Å². The number of fused-ring (bicyclic) bond motifs is 1. The lowest BCUT2D eigenvalue weighted by atomic mass is 10.2. The average Bonchev–Trinajstić information content (AvgIpc) is 3.26. The molecule has 1 amide bonds. The molecule has 9 heteroatoms. The molecule has 0 aliphatic carbocycles. The Balaban J connectivity index is 1.67. The third-order valence-electron chi connectivity index (χ3n) is 3.91. The summed E-state index contributed by atoms with van der Waals surface area (Å²) in [6, 6.07) is 7.33.